The fourth-order valence-corrected chi connectivity index (χ4v) is 2.13. The number of aliphatic hydroxyl groups excluding tert-OH is 1. The molecule has 0 saturated carbocycles. The average Bonchev–Trinajstić information content (AvgIpc) is 2.36. The lowest BCUT2D eigenvalue weighted by molar-refractivity contribution is 0.0586. The van der Waals surface area contributed by atoms with Crippen LogP contribution < -0.4 is 10.1 Å². The Morgan fingerprint density at radius 2 is 1.80 bits per heavy atom. The number of benzene rings is 1. The van der Waals surface area contributed by atoms with Gasteiger partial charge in [0.05, 0.1) is 19.3 Å². The Morgan fingerprint density at radius 1 is 1.25 bits per heavy atom. The summed E-state index contributed by atoms with van der Waals surface area (Å²) < 4.78 is 5.10. The predicted molar refractivity (Wildman–Crippen MR) is 77.1 cm³/mol. The zero-order chi connectivity index (χ0) is 15.4. The van der Waals surface area contributed by atoms with Gasteiger partial charge in [0.2, 0.25) is 0 Å². The average molecular weight is 281 g/mol. The summed E-state index contributed by atoms with van der Waals surface area (Å²) >= 11 is 0. The van der Waals surface area contributed by atoms with Crippen LogP contribution in [-0.4, -0.2) is 35.6 Å². The van der Waals surface area contributed by atoms with Crippen LogP contribution in [0.2, 0.25) is 0 Å². The molecule has 0 radical (unpaired) electrons. The summed E-state index contributed by atoms with van der Waals surface area (Å²) in [6, 6.07) is 7.39. The monoisotopic (exact) mass is 281 g/mol. The first kappa shape index (κ1) is 16.3. The quantitative estimate of drug-likeness (QED) is 0.773. The SMILES string of the molecule is COc1ccc(C[C@](CO)(NC(=O)O)C(C)(C)C)cc1. The molecule has 1 aromatic rings. The van der Waals surface area contributed by atoms with E-state index in [9.17, 15) is 9.90 Å². The predicted octanol–water partition coefficient (Wildman–Crippen LogP) is 2.28. The number of hydrogen-bond acceptors (Lipinski definition) is 3. The van der Waals surface area contributed by atoms with Crippen LogP contribution in [0.1, 0.15) is 26.3 Å². The van der Waals surface area contributed by atoms with Crippen molar-refractivity contribution in [3.63, 3.8) is 0 Å². The fraction of sp³-hybridized carbons (Fsp3) is 0.533. The third kappa shape index (κ3) is 3.63. The number of ether oxygens (including phenoxy) is 1. The van der Waals surface area contributed by atoms with Gasteiger partial charge in [0.15, 0.2) is 0 Å². The van der Waals surface area contributed by atoms with E-state index in [1.807, 2.05) is 45.0 Å². The molecule has 0 aliphatic carbocycles. The van der Waals surface area contributed by atoms with Crippen molar-refractivity contribution in [3.05, 3.63) is 29.8 Å². The fourth-order valence-electron chi connectivity index (χ4n) is 2.13. The van der Waals surface area contributed by atoms with Crippen LogP contribution in [0.4, 0.5) is 4.79 Å². The van der Waals surface area contributed by atoms with E-state index in [2.05, 4.69) is 5.32 Å². The van der Waals surface area contributed by atoms with Gasteiger partial charge in [-0.05, 0) is 29.5 Å². The molecule has 1 rings (SSSR count). The lowest BCUT2D eigenvalue weighted by atomic mass is 9.70. The number of aliphatic hydroxyl groups is 1. The zero-order valence-electron chi connectivity index (χ0n) is 12.4. The number of methoxy groups -OCH3 is 1. The molecule has 0 spiro atoms. The summed E-state index contributed by atoms with van der Waals surface area (Å²) in [7, 11) is 1.59. The maximum absolute atomic E-state index is 11.1. The number of nitrogens with one attached hydrogen (secondary N) is 1. The topological polar surface area (TPSA) is 78.8 Å². The van der Waals surface area contributed by atoms with E-state index in [0.717, 1.165) is 11.3 Å². The molecular weight excluding hydrogens is 258 g/mol. The van der Waals surface area contributed by atoms with E-state index >= 15 is 0 Å². The van der Waals surface area contributed by atoms with Gasteiger partial charge < -0.3 is 20.3 Å². The van der Waals surface area contributed by atoms with Crippen molar-refractivity contribution in [1.29, 1.82) is 0 Å². The highest BCUT2D eigenvalue weighted by Gasteiger charge is 2.43. The molecule has 3 N–H and O–H groups in total. The summed E-state index contributed by atoms with van der Waals surface area (Å²) in [5, 5.41) is 21.3. The van der Waals surface area contributed by atoms with E-state index < -0.39 is 17.0 Å². The molecule has 0 fully saturated rings. The Kier molecular flexibility index (Phi) is 5.00. The first-order chi connectivity index (χ1) is 9.24. The highest BCUT2D eigenvalue weighted by Crippen LogP contribution is 2.33. The summed E-state index contributed by atoms with van der Waals surface area (Å²) in [5.74, 6) is 0.741. The third-order valence-corrected chi connectivity index (χ3v) is 3.72. The molecule has 0 aliphatic heterocycles. The molecule has 0 saturated heterocycles. The van der Waals surface area contributed by atoms with Crippen LogP contribution in [0, 0.1) is 5.41 Å². The molecule has 0 heterocycles. The van der Waals surface area contributed by atoms with Crippen molar-refractivity contribution >= 4 is 6.09 Å². The number of rotatable bonds is 5. The van der Waals surface area contributed by atoms with Gasteiger partial charge in [-0.2, -0.15) is 0 Å². The maximum Gasteiger partial charge on any atom is 0.405 e. The van der Waals surface area contributed by atoms with Crippen LogP contribution in [-0.2, 0) is 6.42 Å². The molecule has 0 aromatic heterocycles. The van der Waals surface area contributed by atoms with Gasteiger partial charge in [0.25, 0.3) is 0 Å². The Balaban J connectivity index is 3.07. The third-order valence-electron chi connectivity index (χ3n) is 3.72. The van der Waals surface area contributed by atoms with Crippen LogP contribution in [0.5, 0.6) is 5.75 Å². The van der Waals surface area contributed by atoms with Gasteiger partial charge >= 0.3 is 6.09 Å². The van der Waals surface area contributed by atoms with E-state index in [-0.39, 0.29) is 6.61 Å². The van der Waals surface area contributed by atoms with Gasteiger partial charge in [-0.25, -0.2) is 4.79 Å². The first-order valence-corrected chi connectivity index (χ1v) is 6.49. The Bertz CT molecular complexity index is 450. The molecule has 0 bridgehead atoms. The lowest BCUT2D eigenvalue weighted by Gasteiger charge is -2.43. The standard InChI is InChI=1S/C15H23NO4/c1-14(2,3)15(10-17,16-13(18)19)9-11-5-7-12(20-4)8-6-11/h5-8,16-17H,9-10H2,1-4H3,(H,18,19)/t15-/m1/s1. The van der Waals surface area contributed by atoms with Gasteiger partial charge in [-0.15, -0.1) is 0 Å². The first-order valence-electron chi connectivity index (χ1n) is 6.49. The zero-order valence-corrected chi connectivity index (χ0v) is 12.4. The highest BCUT2D eigenvalue weighted by molar-refractivity contribution is 5.66. The molecule has 20 heavy (non-hydrogen) atoms. The highest BCUT2D eigenvalue weighted by atomic mass is 16.5. The van der Waals surface area contributed by atoms with Crippen molar-refractivity contribution in [2.45, 2.75) is 32.7 Å². The van der Waals surface area contributed by atoms with Crippen LogP contribution in [0.15, 0.2) is 24.3 Å². The second-order valence-corrected chi connectivity index (χ2v) is 5.95. The lowest BCUT2D eigenvalue weighted by Crippen LogP contribution is -2.60. The molecule has 1 amide bonds. The minimum atomic E-state index is -1.14. The van der Waals surface area contributed by atoms with Gasteiger partial charge in [-0.3, -0.25) is 0 Å². The summed E-state index contributed by atoms with van der Waals surface area (Å²) in [5.41, 5.74) is -0.434. The van der Waals surface area contributed by atoms with Crippen LogP contribution in [0.3, 0.4) is 0 Å². The van der Waals surface area contributed by atoms with Crippen molar-refractivity contribution in [3.8, 4) is 5.75 Å². The second-order valence-electron chi connectivity index (χ2n) is 5.95. The normalized spacial score (nSPS) is 14.4. The van der Waals surface area contributed by atoms with Gasteiger partial charge in [-0.1, -0.05) is 32.9 Å². The molecule has 0 aliphatic rings. The molecule has 5 nitrogen and oxygen atoms in total. The smallest absolute Gasteiger partial charge is 0.405 e. The molecular formula is C15H23NO4. The number of carbonyl (C=O) groups is 1. The molecule has 0 unspecified atom stereocenters. The Hall–Kier alpha value is -1.75. The maximum atomic E-state index is 11.1. The Morgan fingerprint density at radius 3 is 2.15 bits per heavy atom. The number of carboxylic acid groups (broad SMARTS) is 1. The van der Waals surface area contributed by atoms with Crippen LogP contribution >= 0.6 is 0 Å². The summed E-state index contributed by atoms with van der Waals surface area (Å²) in [6.45, 7) is 5.45. The van der Waals surface area contributed by atoms with E-state index in [1.54, 1.807) is 7.11 Å². The van der Waals surface area contributed by atoms with Gasteiger partial charge in [0.1, 0.15) is 5.75 Å². The minimum absolute atomic E-state index is 0.269. The second kappa shape index (κ2) is 6.13. The Labute approximate surface area is 119 Å². The molecule has 1 atom stereocenters. The number of amides is 1. The summed E-state index contributed by atoms with van der Waals surface area (Å²) in [4.78, 5) is 11.1. The van der Waals surface area contributed by atoms with Crippen molar-refractivity contribution in [2.75, 3.05) is 13.7 Å². The molecule has 1 aromatic carbocycles. The van der Waals surface area contributed by atoms with Crippen molar-refractivity contribution < 1.29 is 19.7 Å². The van der Waals surface area contributed by atoms with E-state index in [1.165, 1.54) is 0 Å². The largest absolute Gasteiger partial charge is 0.497 e. The molecule has 5 heteroatoms. The van der Waals surface area contributed by atoms with Crippen LogP contribution in [0.25, 0.3) is 0 Å². The van der Waals surface area contributed by atoms with E-state index in [0.29, 0.717) is 6.42 Å². The summed E-state index contributed by atoms with van der Waals surface area (Å²) in [6.07, 6.45) is -0.731. The number of hydrogen-bond donors (Lipinski definition) is 3. The van der Waals surface area contributed by atoms with Gasteiger partial charge in [0, 0.05) is 0 Å². The van der Waals surface area contributed by atoms with E-state index in [4.69, 9.17) is 9.84 Å². The van der Waals surface area contributed by atoms with Crippen molar-refractivity contribution in [1.82, 2.24) is 5.32 Å². The molecule has 112 valence electrons. The van der Waals surface area contributed by atoms with Crippen molar-refractivity contribution in [2.24, 2.45) is 5.41 Å². The minimum Gasteiger partial charge on any atom is -0.497 e.